The summed E-state index contributed by atoms with van der Waals surface area (Å²) in [5.74, 6) is 0. The molecule has 4 heteroatoms. The van der Waals surface area contributed by atoms with E-state index in [4.69, 9.17) is 16.3 Å². The summed E-state index contributed by atoms with van der Waals surface area (Å²) < 4.78 is 5.18. The second-order valence-corrected chi connectivity index (χ2v) is 4.88. The molecule has 0 aliphatic heterocycles. The van der Waals surface area contributed by atoms with Crippen molar-refractivity contribution >= 4 is 22.5 Å². The highest BCUT2D eigenvalue weighted by atomic mass is 35.5. The molecule has 0 bridgehead atoms. The minimum atomic E-state index is 0.396. The van der Waals surface area contributed by atoms with Gasteiger partial charge in [-0.25, -0.2) is 0 Å². The summed E-state index contributed by atoms with van der Waals surface area (Å²) >= 11 is 5.97. The fourth-order valence-electron chi connectivity index (χ4n) is 2.08. The zero-order chi connectivity index (χ0) is 13.0. The van der Waals surface area contributed by atoms with E-state index in [1.165, 1.54) is 10.9 Å². The molecule has 0 spiro atoms. The molecule has 1 unspecified atom stereocenters. The van der Waals surface area contributed by atoms with Gasteiger partial charge in [-0.15, -0.1) is 0 Å². The van der Waals surface area contributed by atoms with Gasteiger partial charge in [0.1, 0.15) is 0 Å². The third kappa shape index (κ3) is 3.05. The van der Waals surface area contributed by atoms with Gasteiger partial charge in [-0.1, -0.05) is 24.6 Å². The van der Waals surface area contributed by atoms with E-state index in [1.807, 2.05) is 18.3 Å². The number of nitrogens with one attached hydrogen (secondary N) is 2. The number of hydrogen-bond acceptors (Lipinski definition) is 2. The Hall–Kier alpha value is -1.03. The number of fused-ring (bicyclic) bond motifs is 1. The van der Waals surface area contributed by atoms with E-state index in [1.54, 1.807) is 7.11 Å². The van der Waals surface area contributed by atoms with Gasteiger partial charge in [-0.05, 0) is 24.1 Å². The number of halogens is 1. The molecule has 1 atom stereocenters. The summed E-state index contributed by atoms with van der Waals surface area (Å²) in [4.78, 5) is 3.25. The van der Waals surface area contributed by atoms with Crippen LogP contribution in [0.2, 0.25) is 5.02 Å². The Morgan fingerprint density at radius 3 is 3.00 bits per heavy atom. The van der Waals surface area contributed by atoms with E-state index >= 15 is 0 Å². The summed E-state index contributed by atoms with van der Waals surface area (Å²) in [5, 5.41) is 5.48. The van der Waals surface area contributed by atoms with Crippen molar-refractivity contribution in [2.24, 2.45) is 0 Å². The second kappa shape index (κ2) is 6.23. The molecule has 98 valence electrons. The largest absolute Gasteiger partial charge is 0.383 e. The van der Waals surface area contributed by atoms with Crippen molar-refractivity contribution in [2.45, 2.75) is 25.9 Å². The van der Waals surface area contributed by atoms with E-state index < -0.39 is 0 Å². The molecule has 0 aliphatic carbocycles. The third-order valence-corrected chi connectivity index (χ3v) is 3.41. The molecule has 0 saturated heterocycles. The molecule has 1 heterocycles. The van der Waals surface area contributed by atoms with Gasteiger partial charge >= 0.3 is 0 Å². The Morgan fingerprint density at radius 2 is 2.28 bits per heavy atom. The summed E-state index contributed by atoms with van der Waals surface area (Å²) in [7, 11) is 1.73. The van der Waals surface area contributed by atoms with Crippen LogP contribution in [-0.2, 0) is 11.3 Å². The zero-order valence-corrected chi connectivity index (χ0v) is 11.6. The minimum Gasteiger partial charge on any atom is -0.383 e. The molecule has 0 saturated carbocycles. The van der Waals surface area contributed by atoms with Crippen LogP contribution in [0, 0.1) is 0 Å². The lowest BCUT2D eigenvalue weighted by Gasteiger charge is -2.15. The topological polar surface area (TPSA) is 37.0 Å². The Balaban J connectivity index is 2.07. The molecule has 2 N–H and O–H groups in total. The van der Waals surface area contributed by atoms with Crippen LogP contribution in [0.1, 0.15) is 18.9 Å². The molecule has 0 amide bonds. The van der Waals surface area contributed by atoms with E-state index in [9.17, 15) is 0 Å². The number of benzene rings is 1. The molecular formula is C14H19ClN2O. The lowest BCUT2D eigenvalue weighted by molar-refractivity contribution is 0.164. The fraction of sp³-hybridized carbons (Fsp3) is 0.429. The first-order valence-electron chi connectivity index (χ1n) is 6.22. The normalized spacial score (nSPS) is 13.1. The van der Waals surface area contributed by atoms with Crippen molar-refractivity contribution < 1.29 is 4.74 Å². The Labute approximate surface area is 112 Å². The van der Waals surface area contributed by atoms with Crippen LogP contribution in [0.4, 0.5) is 0 Å². The molecule has 0 radical (unpaired) electrons. The van der Waals surface area contributed by atoms with E-state index in [2.05, 4.69) is 23.3 Å². The van der Waals surface area contributed by atoms with Gasteiger partial charge in [-0.3, -0.25) is 0 Å². The summed E-state index contributed by atoms with van der Waals surface area (Å²) in [5.41, 5.74) is 2.34. The average molecular weight is 267 g/mol. The highest BCUT2D eigenvalue weighted by Crippen LogP contribution is 2.22. The molecule has 18 heavy (non-hydrogen) atoms. The molecule has 0 fully saturated rings. The first-order valence-corrected chi connectivity index (χ1v) is 6.60. The number of hydrogen-bond donors (Lipinski definition) is 2. The predicted molar refractivity (Wildman–Crippen MR) is 76.1 cm³/mol. The number of H-pyrrole nitrogens is 1. The maximum absolute atomic E-state index is 5.97. The lowest BCUT2D eigenvalue weighted by atomic mass is 10.1. The van der Waals surface area contributed by atoms with E-state index in [0.717, 1.165) is 30.1 Å². The molecule has 1 aromatic carbocycles. The molecule has 3 nitrogen and oxygen atoms in total. The molecular weight excluding hydrogens is 248 g/mol. The highest BCUT2D eigenvalue weighted by Gasteiger charge is 2.08. The predicted octanol–water partition coefficient (Wildman–Crippen LogP) is 3.34. The Morgan fingerprint density at radius 1 is 1.44 bits per heavy atom. The van der Waals surface area contributed by atoms with Crippen LogP contribution < -0.4 is 5.32 Å². The maximum Gasteiger partial charge on any atom is 0.0615 e. The van der Waals surface area contributed by atoms with Crippen LogP contribution in [0.3, 0.4) is 0 Å². The van der Waals surface area contributed by atoms with E-state index in [-0.39, 0.29) is 0 Å². The Bertz CT molecular complexity index is 509. The van der Waals surface area contributed by atoms with Crippen LogP contribution in [-0.4, -0.2) is 24.7 Å². The number of rotatable bonds is 6. The summed E-state index contributed by atoms with van der Waals surface area (Å²) in [6, 6.07) is 6.33. The van der Waals surface area contributed by atoms with Gasteiger partial charge in [0.2, 0.25) is 0 Å². The smallest absolute Gasteiger partial charge is 0.0615 e. The third-order valence-electron chi connectivity index (χ3n) is 3.17. The average Bonchev–Trinajstić information content (AvgIpc) is 2.76. The monoisotopic (exact) mass is 266 g/mol. The Kier molecular flexibility index (Phi) is 4.64. The highest BCUT2D eigenvalue weighted by molar-refractivity contribution is 6.31. The molecule has 0 aliphatic rings. The van der Waals surface area contributed by atoms with Crippen molar-refractivity contribution in [3.63, 3.8) is 0 Å². The molecule has 1 aromatic heterocycles. The second-order valence-electron chi connectivity index (χ2n) is 4.45. The van der Waals surface area contributed by atoms with Crippen LogP contribution in [0.25, 0.3) is 10.9 Å². The quantitative estimate of drug-likeness (QED) is 0.841. The van der Waals surface area contributed by atoms with Gasteiger partial charge in [-0.2, -0.15) is 0 Å². The summed E-state index contributed by atoms with van der Waals surface area (Å²) in [6.07, 6.45) is 3.09. The first-order chi connectivity index (χ1) is 8.74. The van der Waals surface area contributed by atoms with Crippen molar-refractivity contribution in [3.8, 4) is 0 Å². The van der Waals surface area contributed by atoms with Gasteiger partial charge in [0, 0.05) is 41.8 Å². The van der Waals surface area contributed by atoms with Gasteiger partial charge < -0.3 is 15.0 Å². The lowest BCUT2D eigenvalue weighted by Crippen LogP contribution is -2.31. The number of methoxy groups -OCH3 is 1. The summed E-state index contributed by atoms with van der Waals surface area (Å²) in [6.45, 7) is 3.74. The molecule has 2 aromatic rings. The van der Waals surface area contributed by atoms with E-state index in [0.29, 0.717) is 6.04 Å². The SMILES string of the molecule is CCC(COC)NCc1c[nH]c2cc(Cl)ccc12. The van der Waals surface area contributed by atoms with Gasteiger partial charge in [0.15, 0.2) is 0 Å². The number of ether oxygens (including phenoxy) is 1. The van der Waals surface area contributed by atoms with Crippen molar-refractivity contribution in [1.82, 2.24) is 10.3 Å². The van der Waals surface area contributed by atoms with Crippen molar-refractivity contribution in [1.29, 1.82) is 0 Å². The van der Waals surface area contributed by atoms with Gasteiger partial charge in [0.05, 0.1) is 6.61 Å². The minimum absolute atomic E-state index is 0.396. The van der Waals surface area contributed by atoms with Crippen LogP contribution in [0.15, 0.2) is 24.4 Å². The zero-order valence-electron chi connectivity index (χ0n) is 10.8. The van der Waals surface area contributed by atoms with Crippen molar-refractivity contribution in [3.05, 3.63) is 35.0 Å². The number of aromatic nitrogens is 1. The number of aromatic amines is 1. The molecule has 2 rings (SSSR count). The fourth-order valence-corrected chi connectivity index (χ4v) is 2.25. The van der Waals surface area contributed by atoms with Crippen LogP contribution in [0.5, 0.6) is 0 Å². The standard InChI is InChI=1S/C14H19ClN2O/c1-3-12(9-18-2)16-7-10-8-17-14-6-11(15)4-5-13(10)14/h4-6,8,12,16-17H,3,7,9H2,1-2H3. The first kappa shape index (κ1) is 13.4. The van der Waals surface area contributed by atoms with Crippen LogP contribution >= 0.6 is 11.6 Å². The maximum atomic E-state index is 5.97. The van der Waals surface area contributed by atoms with Gasteiger partial charge in [0.25, 0.3) is 0 Å². The van der Waals surface area contributed by atoms with Crippen molar-refractivity contribution in [2.75, 3.05) is 13.7 Å².